The van der Waals surface area contributed by atoms with Crippen molar-refractivity contribution in [2.75, 3.05) is 11.9 Å². The highest BCUT2D eigenvalue weighted by atomic mass is 16.4. The van der Waals surface area contributed by atoms with Crippen LogP contribution in [0.3, 0.4) is 0 Å². The topological polar surface area (TPSA) is 122 Å². The zero-order chi connectivity index (χ0) is 15.4. The monoisotopic (exact) mass is 287 g/mol. The van der Waals surface area contributed by atoms with Crippen LogP contribution in [0.15, 0.2) is 36.4 Å². The Bertz CT molecular complexity index is 727. The number of fused-ring (bicyclic) bond motifs is 1. The molecule has 0 heterocycles. The minimum atomic E-state index is -1.16. The molecule has 0 unspecified atom stereocenters. The molecule has 0 spiro atoms. The fourth-order valence-electron chi connectivity index (χ4n) is 1.85. The Kier molecular flexibility index (Phi) is 4.03. The summed E-state index contributed by atoms with van der Waals surface area (Å²) in [6.07, 6.45) is 0. The van der Waals surface area contributed by atoms with Gasteiger partial charge in [0.15, 0.2) is 0 Å². The summed E-state index contributed by atoms with van der Waals surface area (Å²) >= 11 is 0. The van der Waals surface area contributed by atoms with Crippen LogP contribution in [0.5, 0.6) is 0 Å². The maximum atomic E-state index is 11.6. The molecule has 0 radical (unpaired) electrons. The molecule has 2 aromatic rings. The van der Waals surface area contributed by atoms with E-state index in [9.17, 15) is 19.5 Å². The molecule has 0 saturated heterocycles. The molecule has 0 aliphatic rings. The fourth-order valence-corrected chi connectivity index (χ4v) is 1.85. The zero-order valence-corrected chi connectivity index (χ0v) is 10.9. The molecule has 0 aliphatic carbocycles. The van der Waals surface area contributed by atoms with Crippen molar-refractivity contribution in [2.45, 2.75) is 0 Å². The van der Waals surface area contributed by atoms with Crippen LogP contribution in [0.25, 0.3) is 10.8 Å². The molecule has 0 aliphatic heterocycles. The Morgan fingerprint density at radius 3 is 2.29 bits per heavy atom. The second kappa shape index (κ2) is 5.91. The van der Waals surface area contributed by atoms with Gasteiger partial charge in [0.2, 0.25) is 5.91 Å². The molecule has 5 N–H and O–H groups in total. The lowest BCUT2D eigenvalue weighted by molar-refractivity contribution is -0.117. The quantitative estimate of drug-likeness (QED) is 0.673. The number of carboxylic acids is 1. The van der Waals surface area contributed by atoms with Crippen LogP contribution < -0.4 is 16.4 Å². The number of carbonyl (C=O) groups excluding carboxylic acids is 2. The molecule has 0 aromatic heterocycles. The number of nitrogens with one attached hydrogen (secondary N) is 2. The second-order valence-electron chi connectivity index (χ2n) is 4.32. The number of aromatic carboxylic acids is 1. The molecular formula is C14H13N3O4. The van der Waals surface area contributed by atoms with Crippen LogP contribution in [0.2, 0.25) is 0 Å². The Balaban J connectivity index is 2.32. The van der Waals surface area contributed by atoms with E-state index >= 15 is 0 Å². The number of benzene rings is 2. The molecule has 108 valence electrons. The predicted molar refractivity (Wildman–Crippen MR) is 77.1 cm³/mol. The first-order chi connectivity index (χ1) is 9.97. The van der Waals surface area contributed by atoms with E-state index in [0.29, 0.717) is 0 Å². The number of primary amides is 1. The summed E-state index contributed by atoms with van der Waals surface area (Å²) in [5.74, 6) is -1.85. The Hall–Kier alpha value is -3.09. The summed E-state index contributed by atoms with van der Waals surface area (Å²) in [4.78, 5) is 33.5. The average Bonchev–Trinajstić information content (AvgIpc) is 2.44. The Morgan fingerprint density at radius 2 is 1.71 bits per heavy atom. The van der Waals surface area contributed by atoms with E-state index in [-0.39, 0.29) is 17.8 Å². The first-order valence-electron chi connectivity index (χ1n) is 6.06. The number of amides is 3. The van der Waals surface area contributed by atoms with Gasteiger partial charge in [0.05, 0.1) is 17.8 Å². The number of rotatable bonds is 4. The highest BCUT2D eigenvalue weighted by molar-refractivity contribution is 6.05. The number of carbonyl (C=O) groups is 3. The normalized spacial score (nSPS) is 10.1. The number of hydrogen-bond acceptors (Lipinski definition) is 3. The molecule has 0 bridgehead atoms. The van der Waals surface area contributed by atoms with Crippen molar-refractivity contribution in [1.82, 2.24) is 5.32 Å². The number of nitrogens with two attached hydrogens (primary N) is 1. The summed E-state index contributed by atoms with van der Waals surface area (Å²) in [5.41, 5.74) is 5.01. The molecular weight excluding hydrogens is 274 g/mol. The van der Waals surface area contributed by atoms with Crippen LogP contribution >= 0.6 is 0 Å². The van der Waals surface area contributed by atoms with Gasteiger partial charge in [-0.05, 0) is 22.9 Å². The van der Waals surface area contributed by atoms with E-state index < -0.39 is 17.9 Å². The van der Waals surface area contributed by atoms with Crippen molar-refractivity contribution >= 4 is 34.4 Å². The predicted octanol–water partition coefficient (Wildman–Crippen LogP) is 1.14. The minimum absolute atomic E-state index is 0.0390. The van der Waals surface area contributed by atoms with Crippen molar-refractivity contribution < 1.29 is 19.5 Å². The highest BCUT2D eigenvalue weighted by Crippen LogP contribution is 2.24. The van der Waals surface area contributed by atoms with Crippen LogP contribution in [0.4, 0.5) is 10.5 Å². The summed E-state index contributed by atoms with van der Waals surface area (Å²) in [7, 11) is 0. The summed E-state index contributed by atoms with van der Waals surface area (Å²) in [6, 6.07) is 9.50. The third-order valence-corrected chi connectivity index (χ3v) is 2.79. The standard InChI is InChI=1S/C14H13N3O4/c15-12(18)7-16-14(21)17-11-6-9-4-2-1-3-8(9)5-10(11)13(19)20/h1-6H,7H2,(H2,15,18)(H,19,20)(H2,16,17,21). The van der Waals surface area contributed by atoms with E-state index in [2.05, 4.69) is 10.6 Å². The van der Waals surface area contributed by atoms with Crippen molar-refractivity contribution in [3.8, 4) is 0 Å². The molecule has 7 nitrogen and oxygen atoms in total. The SMILES string of the molecule is NC(=O)CNC(=O)Nc1cc2ccccc2cc1C(=O)O. The first-order valence-corrected chi connectivity index (χ1v) is 6.06. The van der Waals surface area contributed by atoms with Gasteiger partial charge in [0, 0.05) is 0 Å². The van der Waals surface area contributed by atoms with E-state index in [1.165, 1.54) is 6.07 Å². The van der Waals surface area contributed by atoms with Crippen molar-refractivity contribution in [1.29, 1.82) is 0 Å². The van der Waals surface area contributed by atoms with Gasteiger partial charge in [0.1, 0.15) is 0 Å². The lowest BCUT2D eigenvalue weighted by atomic mass is 10.0. The van der Waals surface area contributed by atoms with Gasteiger partial charge >= 0.3 is 12.0 Å². The van der Waals surface area contributed by atoms with Gasteiger partial charge in [-0.1, -0.05) is 24.3 Å². The van der Waals surface area contributed by atoms with Gasteiger partial charge < -0.3 is 21.5 Å². The smallest absolute Gasteiger partial charge is 0.337 e. The summed E-state index contributed by atoms with van der Waals surface area (Å²) < 4.78 is 0. The van der Waals surface area contributed by atoms with Crippen LogP contribution in [0.1, 0.15) is 10.4 Å². The number of anilines is 1. The summed E-state index contributed by atoms with van der Waals surface area (Å²) in [5, 5.41) is 15.4. The number of hydrogen-bond donors (Lipinski definition) is 4. The van der Waals surface area contributed by atoms with Crippen LogP contribution in [-0.2, 0) is 4.79 Å². The Morgan fingerprint density at radius 1 is 1.10 bits per heavy atom. The molecule has 0 fully saturated rings. The van der Waals surface area contributed by atoms with Gasteiger partial charge in [-0.15, -0.1) is 0 Å². The first kappa shape index (κ1) is 14.3. The molecule has 0 saturated carbocycles. The second-order valence-corrected chi connectivity index (χ2v) is 4.32. The third-order valence-electron chi connectivity index (χ3n) is 2.79. The number of urea groups is 1. The maximum Gasteiger partial charge on any atom is 0.337 e. The molecule has 2 aromatic carbocycles. The van der Waals surface area contributed by atoms with Gasteiger partial charge in [0.25, 0.3) is 0 Å². The van der Waals surface area contributed by atoms with Gasteiger partial charge in [-0.3, -0.25) is 4.79 Å². The van der Waals surface area contributed by atoms with Crippen LogP contribution in [-0.4, -0.2) is 29.6 Å². The largest absolute Gasteiger partial charge is 0.478 e. The van der Waals surface area contributed by atoms with Gasteiger partial charge in [-0.2, -0.15) is 0 Å². The summed E-state index contributed by atoms with van der Waals surface area (Å²) in [6.45, 7) is -0.332. The third kappa shape index (κ3) is 3.47. The number of carboxylic acid groups (broad SMARTS) is 1. The van der Waals surface area contributed by atoms with Crippen molar-refractivity contribution in [2.24, 2.45) is 5.73 Å². The van der Waals surface area contributed by atoms with E-state index in [4.69, 9.17) is 5.73 Å². The average molecular weight is 287 g/mol. The molecule has 21 heavy (non-hydrogen) atoms. The molecule has 3 amide bonds. The molecule has 2 rings (SSSR count). The van der Waals surface area contributed by atoms with Crippen molar-refractivity contribution in [3.63, 3.8) is 0 Å². The fraction of sp³-hybridized carbons (Fsp3) is 0.0714. The lowest BCUT2D eigenvalue weighted by Crippen LogP contribution is -2.36. The highest BCUT2D eigenvalue weighted by Gasteiger charge is 2.14. The molecule has 0 atom stereocenters. The molecule has 7 heteroatoms. The maximum absolute atomic E-state index is 11.6. The zero-order valence-electron chi connectivity index (χ0n) is 10.9. The van der Waals surface area contributed by atoms with E-state index in [1.54, 1.807) is 30.3 Å². The minimum Gasteiger partial charge on any atom is -0.478 e. The Labute approximate surface area is 119 Å². The van der Waals surface area contributed by atoms with Crippen molar-refractivity contribution in [3.05, 3.63) is 42.0 Å². The van der Waals surface area contributed by atoms with Crippen LogP contribution in [0, 0.1) is 0 Å². The van der Waals surface area contributed by atoms with E-state index in [0.717, 1.165) is 10.8 Å². The van der Waals surface area contributed by atoms with E-state index in [1.807, 2.05) is 0 Å². The van der Waals surface area contributed by atoms with Gasteiger partial charge in [-0.25, -0.2) is 9.59 Å². The lowest BCUT2D eigenvalue weighted by Gasteiger charge is -2.10.